The van der Waals surface area contributed by atoms with E-state index in [1.54, 1.807) is 37.4 Å². The highest BCUT2D eigenvalue weighted by Crippen LogP contribution is 2.33. The maximum atomic E-state index is 12.7. The minimum Gasteiger partial charge on any atom is -0.480 e. The number of anilines is 2. The summed E-state index contributed by atoms with van der Waals surface area (Å²) in [6.07, 6.45) is 4.60. The number of benzene rings is 2. The number of nitrogens with one attached hydrogen (secondary N) is 2. The van der Waals surface area contributed by atoms with E-state index in [1.165, 1.54) is 13.2 Å². The van der Waals surface area contributed by atoms with Crippen molar-refractivity contribution in [3.05, 3.63) is 90.0 Å². The molecule has 2 heterocycles. The van der Waals surface area contributed by atoms with E-state index < -0.39 is 10.0 Å². The lowest BCUT2D eigenvalue weighted by Crippen LogP contribution is -2.31. The number of hydrogen-bond acceptors (Lipinski definition) is 8. The van der Waals surface area contributed by atoms with E-state index in [4.69, 9.17) is 10.5 Å². The first-order valence-electron chi connectivity index (χ1n) is 13.1. The summed E-state index contributed by atoms with van der Waals surface area (Å²) in [4.78, 5) is 23.3. The molecule has 0 atom stereocenters. The molecular weight excluding hydrogens is 552 g/mol. The molecule has 2 aromatic heterocycles. The van der Waals surface area contributed by atoms with Gasteiger partial charge in [0.15, 0.2) is 0 Å². The fourth-order valence-electron chi connectivity index (χ4n) is 4.23. The first-order valence-corrected chi connectivity index (χ1v) is 14.6. The van der Waals surface area contributed by atoms with Crippen LogP contribution in [-0.2, 0) is 10.0 Å². The summed E-state index contributed by atoms with van der Waals surface area (Å²) in [5.74, 6) is 0.351. The van der Waals surface area contributed by atoms with Crippen LogP contribution in [-0.4, -0.2) is 63.5 Å². The molecule has 218 valence electrons. The molecule has 0 radical (unpaired) electrons. The van der Waals surface area contributed by atoms with Crippen molar-refractivity contribution in [3.8, 4) is 28.1 Å². The Kier molecular flexibility index (Phi) is 9.24. The van der Waals surface area contributed by atoms with Crippen molar-refractivity contribution in [2.24, 2.45) is 0 Å². The van der Waals surface area contributed by atoms with Crippen LogP contribution >= 0.6 is 0 Å². The second kappa shape index (κ2) is 12.8. The smallest absolute Gasteiger partial charge is 0.261 e. The minimum atomic E-state index is -3.90. The molecule has 0 fully saturated rings. The van der Waals surface area contributed by atoms with Gasteiger partial charge in [-0.05, 0) is 74.6 Å². The highest BCUT2D eigenvalue weighted by atomic mass is 32.2. The van der Waals surface area contributed by atoms with Crippen molar-refractivity contribution in [1.82, 2.24) is 20.2 Å². The van der Waals surface area contributed by atoms with Crippen molar-refractivity contribution in [2.75, 3.05) is 44.8 Å². The number of allylic oxidation sites excluding steroid dienone is 2. The normalized spacial score (nSPS) is 11.6. The number of hydrogen-bond donors (Lipinski definition) is 3. The number of ether oxygens (including phenoxy) is 1. The predicted molar refractivity (Wildman–Crippen MR) is 169 cm³/mol. The number of carbonyl (C=O) groups excluding carboxylic acids is 1. The summed E-state index contributed by atoms with van der Waals surface area (Å²) in [5, 5.41) is 3.73. The van der Waals surface area contributed by atoms with Crippen LogP contribution in [0.3, 0.4) is 0 Å². The number of aromatic nitrogens is 2. The number of carbonyl (C=O) groups is 1. The predicted octanol–water partition coefficient (Wildman–Crippen LogP) is 4.68. The Morgan fingerprint density at radius 1 is 1.07 bits per heavy atom. The molecule has 0 aliphatic carbocycles. The van der Waals surface area contributed by atoms with Gasteiger partial charge < -0.3 is 20.7 Å². The molecule has 0 aliphatic heterocycles. The molecule has 0 saturated carbocycles. The van der Waals surface area contributed by atoms with Crippen molar-refractivity contribution < 1.29 is 17.9 Å². The summed E-state index contributed by atoms with van der Waals surface area (Å²) >= 11 is 0. The van der Waals surface area contributed by atoms with E-state index in [-0.39, 0.29) is 22.4 Å². The van der Waals surface area contributed by atoms with Crippen LogP contribution in [0.15, 0.2) is 84.4 Å². The van der Waals surface area contributed by atoms with Gasteiger partial charge in [-0.3, -0.25) is 9.52 Å². The number of rotatable bonds is 11. The number of likely N-dealkylation sites (N-methyl/N-ethyl adjacent to an activating group) is 1. The number of methoxy groups -OCH3 is 1. The van der Waals surface area contributed by atoms with E-state index in [1.807, 2.05) is 55.4 Å². The summed E-state index contributed by atoms with van der Waals surface area (Å²) < 4.78 is 33.2. The molecule has 0 spiro atoms. The second-order valence-corrected chi connectivity index (χ2v) is 11.6. The lowest BCUT2D eigenvalue weighted by molar-refractivity contribution is 0.0951. The Bertz CT molecular complexity index is 1770. The van der Waals surface area contributed by atoms with Crippen LogP contribution in [0.25, 0.3) is 33.2 Å². The zero-order chi connectivity index (χ0) is 30.4. The van der Waals surface area contributed by atoms with Gasteiger partial charge in [-0.2, -0.15) is 0 Å². The summed E-state index contributed by atoms with van der Waals surface area (Å²) in [5.41, 5.74) is 10.7. The van der Waals surface area contributed by atoms with E-state index in [0.717, 1.165) is 28.6 Å². The average Bonchev–Trinajstić information content (AvgIpc) is 2.96. The van der Waals surface area contributed by atoms with Gasteiger partial charge in [0.25, 0.3) is 15.9 Å². The monoisotopic (exact) mass is 586 g/mol. The fraction of sp³-hybridized carbons (Fsp3) is 0.194. The standard InChI is InChI=1S/C31H34N6O4S/c1-6-7-20(2)42(39,40)36-28-18-25(19-34-31(28)41-5)23-12-13-27-24(16-23)17-26(29(32)35-27)21-8-10-22(11-9-21)30(38)33-14-15-37(3)4/h6-13,16-19,36H,2,14-15H2,1,3-5H3,(H2,32,35)(H,33,38). The topological polar surface area (TPSA) is 140 Å². The first kappa shape index (κ1) is 30.2. The van der Waals surface area contributed by atoms with Crippen molar-refractivity contribution in [3.63, 3.8) is 0 Å². The van der Waals surface area contributed by atoms with Gasteiger partial charge in [0.1, 0.15) is 11.5 Å². The Labute approximate surface area is 246 Å². The first-order chi connectivity index (χ1) is 20.0. The third-order valence-corrected chi connectivity index (χ3v) is 7.78. The lowest BCUT2D eigenvalue weighted by atomic mass is 10.00. The third kappa shape index (κ3) is 6.93. The molecule has 4 N–H and O–H groups in total. The molecule has 2 aromatic carbocycles. The molecule has 0 aliphatic rings. The molecule has 4 aromatic rings. The summed E-state index contributed by atoms with van der Waals surface area (Å²) in [6.45, 7) is 6.63. The van der Waals surface area contributed by atoms with Crippen LogP contribution in [0, 0.1) is 0 Å². The van der Waals surface area contributed by atoms with E-state index in [9.17, 15) is 13.2 Å². The number of pyridine rings is 2. The van der Waals surface area contributed by atoms with Crippen molar-refractivity contribution in [1.29, 1.82) is 0 Å². The minimum absolute atomic E-state index is 0.0858. The molecular formula is C31H34N6O4S. The van der Waals surface area contributed by atoms with Crippen molar-refractivity contribution >= 4 is 38.3 Å². The lowest BCUT2D eigenvalue weighted by Gasteiger charge is -2.13. The highest BCUT2D eigenvalue weighted by molar-refractivity contribution is 7.96. The molecule has 1 amide bonds. The Hall–Kier alpha value is -4.74. The van der Waals surface area contributed by atoms with Crippen LogP contribution in [0.4, 0.5) is 11.5 Å². The Morgan fingerprint density at radius 3 is 2.45 bits per heavy atom. The van der Waals surface area contributed by atoms with Crippen LogP contribution in [0.2, 0.25) is 0 Å². The van der Waals surface area contributed by atoms with Gasteiger partial charge >= 0.3 is 0 Å². The number of nitrogens with zero attached hydrogens (tertiary/aromatic N) is 3. The molecule has 0 unspecified atom stereocenters. The third-order valence-electron chi connectivity index (χ3n) is 6.47. The zero-order valence-corrected chi connectivity index (χ0v) is 24.8. The zero-order valence-electron chi connectivity index (χ0n) is 24.0. The molecule has 0 bridgehead atoms. The van der Waals surface area contributed by atoms with Gasteiger partial charge in [-0.25, -0.2) is 18.4 Å². The second-order valence-electron chi connectivity index (χ2n) is 9.82. The van der Waals surface area contributed by atoms with Crippen LogP contribution < -0.4 is 20.5 Å². The molecule has 4 rings (SSSR count). The molecule has 42 heavy (non-hydrogen) atoms. The van der Waals surface area contributed by atoms with E-state index in [0.29, 0.717) is 29.0 Å². The van der Waals surface area contributed by atoms with E-state index in [2.05, 4.69) is 26.6 Å². The summed E-state index contributed by atoms with van der Waals surface area (Å²) in [7, 11) is 1.41. The van der Waals surface area contributed by atoms with Gasteiger partial charge in [-0.1, -0.05) is 30.9 Å². The highest BCUT2D eigenvalue weighted by Gasteiger charge is 2.18. The van der Waals surface area contributed by atoms with Crippen LogP contribution in [0.1, 0.15) is 17.3 Å². The summed E-state index contributed by atoms with van der Waals surface area (Å²) in [6, 6.07) is 16.4. The van der Waals surface area contributed by atoms with Gasteiger partial charge in [-0.15, -0.1) is 0 Å². The number of fused-ring (bicyclic) bond motifs is 1. The SMILES string of the molecule is C=C(C=CC)S(=O)(=O)Nc1cc(-c2ccc3nc(N)c(-c4ccc(C(=O)NCCN(C)C)cc4)cc3c2)cnc1OC. The fourth-order valence-corrected chi connectivity index (χ4v) is 5.11. The Balaban J connectivity index is 1.65. The molecule has 11 heteroatoms. The number of nitrogen functional groups attached to an aromatic ring is 1. The maximum Gasteiger partial charge on any atom is 0.261 e. The van der Waals surface area contributed by atoms with Gasteiger partial charge in [0, 0.05) is 41.4 Å². The quantitative estimate of drug-likeness (QED) is 0.215. The van der Waals surface area contributed by atoms with Crippen molar-refractivity contribution in [2.45, 2.75) is 6.92 Å². The molecule has 0 saturated heterocycles. The maximum absolute atomic E-state index is 12.7. The van der Waals surface area contributed by atoms with E-state index >= 15 is 0 Å². The number of nitrogens with two attached hydrogens (primary N) is 1. The van der Waals surface area contributed by atoms with Gasteiger partial charge in [0.05, 0.1) is 17.5 Å². The average molecular weight is 587 g/mol. The largest absolute Gasteiger partial charge is 0.480 e. The molecule has 10 nitrogen and oxygen atoms in total. The van der Waals surface area contributed by atoms with Gasteiger partial charge in [0.2, 0.25) is 5.88 Å². The van der Waals surface area contributed by atoms with Crippen LogP contribution in [0.5, 0.6) is 5.88 Å². The number of sulfonamides is 1. The Morgan fingerprint density at radius 2 is 1.79 bits per heavy atom. The number of amides is 1.